The van der Waals surface area contributed by atoms with Crippen molar-refractivity contribution < 1.29 is 32.7 Å². The maximum absolute atomic E-state index is 13.4. The molecule has 42 heavy (non-hydrogen) atoms. The minimum absolute atomic E-state index is 0.0641. The molecule has 5 atom stereocenters. The van der Waals surface area contributed by atoms with Crippen LogP contribution >= 0.6 is 0 Å². The average Bonchev–Trinajstić information content (AvgIpc) is 3.70. The van der Waals surface area contributed by atoms with Gasteiger partial charge in [-0.2, -0.15) is 13.2 Å². The van der Waals surface area contributed by atoms with Gasteiger partial charge in [0.05, 0.1) is 17.6 Å². The third-order valence-electron chi connectivity index (χ3n) is 10.5. The zero-order chi connectivity index (χ0) is 29.6. The van der Waals surface area contributed by atoms with Crippen molar-refractivity contribution >= 4 is 12.0 Å². The second kappa shape index (κ2) is 9.20. The molecule has 1 saturated heterocycles. The van der Waals surface area contributed by atoms with Crippen LogP contribution in [0.5, 0.6) is 11.5 Å². The molecule has 2 aliphatic heterocycles. The lowest BCUT2D eigenvalue weighted by molar-refractivity contribution is -0.606. The number of hydrogen-bond acceptors (Lipinski definition) is 6. The van der Waals surface area contributed by atoms with E-state index in [2.05, 4.69) is 4.90 Å². The highest BCUT2D eigenvalue weighted by Gasteiger charge is 2.80. The first kappa shape index (κ1) is 27.2. The summed E-state index contributed by atoms with van der Waals surface area (Å²) in [4.78, 5) is 30.4. The minimum atomic E-state index is -4.50. The number of carbonyl (C=O) groups is 1. The number of likely N-dealkylation sites (N-methyl/N-ethyl adjacent to an activating group) is 1. The summed E-state index contributed by atoms with van der Waals surface area (Å²) in [6, 6.07) is 7.32. The standard InChI is InChI=1S/C31H32F3N3O5/c1-35(25(39)10-7-18-3-2-4-21(15-18)31(32,33)34)22-11-12-30(37(40)41)24-16-20-8-9-23(38)27-26(20)29(30,28(22)42-27)13-14-36(24)17-19-5-6-19/h2-4,7-10,15,19,22,24,28,38H,5-6,11-14,16-17H2,1H3/t22-,24-,28+,29+,30-/m1/s1. The predicted molar refractivity (Wildman–Crippen MR) is 147 cm³/mol. The Morgan fingerprint density at radius 2 is 2.02 bits per heavy atom. The molecule has 2 aromatic carbocycles. The van der Waals surface area contributed by atoms with Crippen LogP contribution in [0.2, 0.25) is 0 Å². The van der Waals surface area contributed by atoms with Gasteiger partial charge < -0.3 is 14.7 Å². The number of nitrogens with zero attached hydrogens (tertiary/aromatic N) is 3. The maximum Gasteiger partial charge on any atom is 0.416 e. The second-order valence-corrected chi connectivity index (χ2v) is 12.6. The topological polar surface area (TPSA) is 96.2 Å². The molecule has 2 saturated carbocycles. The molecule has 3 fully saturated rings. The Morgan fingerprint density at radius 3 is 2.74 bits per heavy atom. The number of halogens is 3. The van der Waals surface area contributed by atoms with E-state index in [-0.39, 0.29) is 34.4 Å². The van der Waals surface area contributed by atoms with Gasteiger partial charge in [0.1, 0.15) is 11.5 Å². The molecule has 1 N–H and O–H groups in total. The van der Waals surface area contributed by atoms with Gasteiger partial charge in [0.2, 0.25) is 5.91 Å². The van der Waals surface area contributed by atoms with Crippen LogP contribution in [0, 0.1) is 16.0 Å². The SMILES string of the molecule is CN(C(=O)C=Cc1cccc(C(F)(F)F)c1)[C@@H]1CC[C@@]2([N+](=O)[O-])[C@H]3Cc4ccc(O)c5c4[C@@]2(CCN3CC2CC2)[C@H]1O5. The molecule has 5 aliphatic rings. The van der Waals surface area contributed by atoms with Crippen LogP contribution < -0.4 is 4.74 Å². The minimum Gasteiger partial charge on any atom is -0.504 e. The molecule has 2 aromatic rings. The van der Waals surface area contributed by atoms with E-state index in [1.807, 2.05) is 6.07 Å². The van der Waals surface area contributed by atoms with Gasteiger partial charge in [0, 0.05) is 36.6 Å². The smallest absolute Gasteiger partial charge is 0.416 e. The lowest BCUT2D eigenvalue weighted by Crippen LogP contribution is -2.80. The van der Waals surface area contributed by atoms with Crippen molar-refractivity contribution in [1.82, 2.24) is 9.80 Å². The number of piperidine rings is 1. The second-order valence-electron chi connectivity index (χ2n) is 12.6. The van der Waals surface area contributed by atoms with Crippen LogP contribution in [0.25, 0.3) is 6.08 Å². The fourth-order valence-electron chi connectivity index (χ4n) is 8.50. The van der Waals surface area contributed by atoms with Crippen molar-refractivity contribution in [3.05, 3.63) is 74.8 Å². The van der Waals surface area contributed by atoms with Crippen molar-refractivity contribution in [2.75, 3.05) is 20.1 Å². The van der Waals surface area contributed by atoms with Gasteiger partial charge in [-0.25, -0.2) is 0 Å². The van der Waals surface area contributed by atoms with Gasteiger partial charge in [-0.1, -0.05) is 18.2 Å². The molecular formula is C31H32F3N3O5. The molecule has 11 heteroatoms. The third kappa shape index (κ3) is 3.74. The number of benzene rings is 2. The fraction of sp³-hybridized carbons (Fsp3) is 0.516. The number of carbonyl (C=O) groups excluding carboxylic acids is 1. The Labute approximate surface area is 240 Å². The lowest BCUT2D eigenvalue weighted by atomic mass is 9.46. The number of phenolic OH excluding ortho intramolecular Hbond substituents is 1. The zero-order valence-corrected chi connectivity index (χ0v) is 23.1. The molecule has 2 bridgehead atoms. The van der Waals surface area contributed by atoms with Gasteiger partial charge in [-0.15, -0.1) is 0 Å². The van der Waals surface area contributed by atoms with E-state index in [0.717, 1.165) is 42.6 Å². The quantitative estimate of drug-likeness (QED) is 0.298. The van der Waals surface area contributed by atoms with Crippen LogP contribution in [0.1, 0.15) is 54.4 Å². The average molecular weight is 584 g/mol. The summed E-state index contributed by atoms with van der Waals surface area (Å²) in [6.45, 7) is 1.51. The first-order chi connectivity index (χ1) is 20.0. The number of aromatic hydroxyl groups is 1. The summed E-state index contributed by atoms with van der Waals surface area (Å²) in [7, 11) is 1.61. The largest absolute Gasteiger partial charge is 0.504 e. The highest BCUT2D eigenvalue weighted by Crippen LogP contribution is 2.67. The van der Waals surface area contributed by atoms with E-state index in [1.165, 1.54) is 29.2 Å². The Kier molecular flexibility index (Phi) is 5.97. The van der Waals surface area contributed by atoms with E-state index in [4.69, 9.17) is 4.74 Å². The van der Waals surface area contributed by atoms with E-state index >= 15 is 0 Å². The van der Waals surface area contributed by atoms with E-state index in [1.54, 1.807) is 13.1 Å². The highest BCUT2D eigenvalue weighted by molar-refractivity contribution is 5.92. The van der Waals surface area contributed by atoms with Gasteiger partial charge in [-0.3, -0.25) is 19.8 Å². The molecule has 1 spiro atoms. The van der Waals surface area contributed by atoms with Crippen molar-refractivity contribution in [2.45, 2.75) is 73.8 Å². The van der Waals surface area contributed by atoms with Crippen LogP contribution in [-0.2, 0) is 22.8 Å². The number of alkyl halides is 3. The first-order valence-electron chi connectivity index (χ1n) is 14.5. The Balaban J connectivity index is 1.25. The number of likely N-dealkylation sites (tertiary alicyclic amines) is 1. The number of hydrogen-bond donors (Lipinski definition) is 1. The van der Waals surface area contributed by atoms with E-state index in [9.17, 15) is 33.2 Å². The Morgan fingerprint density at radius 1 is 1.24 bits per heavy atom. The Hall–Kier alpha value is -3.60. The molecule has 2 heterocycles. The van der Waals surface area contributed by atoms with Gasteiger partial charge in [-0.05, 0) is 80.0 Å². The molecule has 0 radical (unpaired) electrons. The number of amides is 1. The summed E-state index contributed by atoms with van der Waals surface area (Å²) < 4.78 is 46.0. The highest BCUT2D eigenvalue weighted by atomic mass is 19.4. The van der Waals surface area contributed by atoms with Gasteiger partial charge >= 0.3 is 6.18 Å². The first-order valence-corrected chi connectivity index (χ1v) is 14.5. The fourth-order valence-corrected chi connectivity index (χ4v) is 8.50. The number of ether oxygens (including phenoxy) is 1. The van der Waals surface area contributed by atoms with Crippen LogP contribution in [0.4, 0.5) is 13.2 Å². The summed E-state index contributed by atoms with van der Waals surface area (Å²) in [5.74, 6) is 0.347. The molecule has 0 aromatic heterocycles. The Bertz CT molecular complexity index is 1510. The number of phenols is 1. The summed E-state index contributed by atoms with van der Waals surface area (Å²) in [5, 5.41) is 24.1. The van der Waals surface area contributed by atoms with E-state index < -0.39 is 40.7 Å². The van der Waals surface area contributed by atoms with Crippen molar-refractivity contribution in [3.63, 3.8) is 0 Å². The monoisotopic (exact) mass is 583 g/mol. The number of rotatable bonds is 6. The predicted octanol–water partition coefficient (Wildman–Crippen LogP) is 4.80. The van der Waals surface area contributed by atoms with Gasteiger partial charge in [0.25, 0.3) is 5.54 Å². The summed E-state index contributed by atoms with van der Waals surface area (Å²) in [5.41, 5.74) is -1.25. The summed E-state index contributed by atoms with van der Waals surface area (Å²) >= 11 is 0. The van der Waals surface area contributed by atoms with Crippen LogP contribution in [0.3, 0.4) is 0 Å². The van der Waals surface area contributed by atoms with Crippen molar-refractivity contribution in [1.29, 1.82) is 0 Å². The molecule has 222 valence electrons. The number of nitro groups is 1. The maximum atomic E-state index is 13.4. The molecular weight excluding hydrogens is 551 g/mol. The van der Waals surface area contributed by atoms with Gasteiger partial charge in [0.15, 0.2) is 11.5 Å². The van der Waals surface area contributed by atoms with Crippen molar-refractivity contribution in [2.24, 2.45) is 5.92 Å². The van der Waals surface area contributed by atoms with E-state index in [0.29, 0.717) is 31.7 Å². The summed E-state index contributed by atoms with van der Waals surface area (Å²) in [6.07, 6.45) is 1.17. The molecule has 7 rings (SSSR count). The normalized spacial score (nSPS) is 31.5. The van der Waals surface area contributed by atoms with Crippen LogP contribution in [-0.4, -0.2) is 69.6 Å². The molecule has 1 amide bonds. The van der Waals surface area contributed by atoms with Crippen molar-refractivity contribution in [3.8, 4) is 11.5 Å². The molecule has 3 aliphatic carbocycles. The molecule has 8 nitrogen and oxygen atoms in total. The zero-order valence-electron chi connectivity index (χ0n) is 23.1. The third-order valence-corrected chi connectivity index (χ3v) is 10.5. The molecule has 0 unspecified atom stereocenters. The lowest BCUT2D eigenvalue weighted by Gasteiger charge is -2.61. The van der Waals surface area contributed by atoms with Crippen LogP contribution in [0.15, 0.2) is 42.5 Å².